The van der Waals surface area contributed by atoms with E-state index in [1.54, 1.807) is 19.2 Å². The lowest BCUT2D eigenvalue weighted by molar-refractivity contribution is 0.0211. The normalized spacial score (nSPS) is 16.3. The predicted octanol–water partition coefficient (Wildman–Crippen LogP) is 3.79. The van der Waals surface area contributed by atoms with Crippen LogP contribution in [-0.2, 0) is 4.74 Å². The van der Waals surface area contributed by atoms with Gasteiger partial charge < -0.3 is 9.47 Å². The molecule has 0 heterocycles. The minimum absolute atomic E-state index is 0.103. The molecule has 0 N–H and O–H groups in total. The SMILES string of the molecule is COc1ccc(C(=O)OC2CCCCC2)cc1I. The fourth-order valence-electron chi connectivity index (χ4n) is 2.20. The first kappa shape index (κ1) is 13.6. The van der Waals surface area contributed by atoms with Gasteiger partial charge >= 0.3 is 5.97 Å². The number of hydrogen-bond donors (Lipinski definition) is 0. The van der Waals surface area contributed by atoms with Gasteiger partial charge in [-0.3, -0.25) is 0 Å². The second-order valence-corrected chi connectivity index (χ2v) is 5.68. The first-order valence-corrected chi connectivity index (χ1v) is 7.33. The fraction of sp³-hybridized carbons (Fsp3) is 0.500. The number of rotatable bonds is 3. The van der Waals surface area contributed by atoms with Crippen LogP contribution in [0.3, 0.4) is 0 Å². The number of esters is 1. The number of halogens is 1. The van der Waals surface area contributed by atoms with Crippen molar-refractivity contribution in [3.63, 3.8) is 0 Å². The molecule has 1 fully saturated rings. The third-order valence-corrected chi connectivity index (χ3v) is 4.06. The zero-order valence-electron chi connectivity index (χ0n) is 10.4. The molecule has 1 aromatic rings. The number of carbonyl (C=O) groups is 1. The average Bonchev–Trinajstić information content (AvgIpc) is 2.39. The highest BCUT2D eigenvalue weighted by atomic mass is 127. The van der Waals surface area contributed by atoms with Crippen LogP contribution in [0.1, 0.15) is 42.5 Å². The van der Waals surface area contributed by atoms with Crippen LogP contribution in [0.15, 0.2) is 18.2 Å². The lowest BCUT2D eigenvalue weighted by atomic mass is 9.98. The van der Waals surface area contributed by atoms with Crippen LogP contribution in [0.4, 0.5) is 0 Å². The second kappa shape index (κ2) is 6.41. The van der Waals surface area contributed by atoms with Crippen LogP contribution in [0.2, 0.25) is 0 Å². The summed E-state index contributed by atoms with van der Waals surface area (Å²) in [5, 5.41) is 0. The maximum Gasteiger partial charge on any atom is 0.338 e. The van der Waals surface area contributed by atoms with Crippen molar-refractivity contribution < 1.29 is 14.3 Å². The summed E-state index contributed by atoms with van der Waals surface area (Å²) in [7, 11) is 1.62. The summed E-state index contributed by atoms with van der Waals surface area (Å²) in [5.41, 5.74) is 0.603. The lowest BCUT2D eigenvalue weighted by Gasteiger charge is -2.21. The summed E-state index contributed by atoms with van der Waals surface area (Å²) in [6, 6.07) is 5.37. The first-order valence-electron chi connectivity index (χ1n) is 6.25. The first-order chi connectivity index (χ1) is 8.70. The molecule has 0 unspecified atom stereocenters. The summed E-state index contributed by atoms with van der Waals surface area (Å²) >= 11 is 2.16. The van der Waals surface area contributed by atoms with Crippen LogP contribution in [0.5, 0.6) is 5.75 Å². The minimum atomic E-state index is -0.220. The molecule has 0 spiro atoms. The van der Waals surface area contributed by atoms with Crippen molar-refractivity contribution in [2.24, 2.45) is 0 Å². The summed E-state index contributed by atoms with van der Waals surface area (Å²) in [4.78, 5) is 12.0. The minimum Gasteiger partial charge on any atom is -0.496 e. The van der Waals surface area contributed by atoms with E-state index in [-0.39, 0.29) is 12.1 Å². The molecule has 18 heavy (non-hydrogen) atoms. The molecular weight excluding hydrogens is 343 g/mol. The van der Waals surface area contributed by atoms with Gasteiger partial charge in [-0.05, 0) is 66.5 Å². The highest BCUT2D eigenvalue weighted by Crippen LogP contribution is 2.24. The Labute approximate surface area is 121 Å². The van der Waals surface area contributed by atoms with Crippen molar-refractivity contribution in [3.05, 3.63) is 27.3 Å². The van der Waals surface area contributed by atoms with Crippen molar-refractivity contribution in [1.29, 1.82) is 0 Å². The topological polar surface area (TPSA) is 35.5 Å². The van der Waals surface area contributed by atoms with Gasteiger partial charge in [-0.1, -0.05) is 6.42 Å². The zero-order chi connectivity index (χ0) is 13.0. The molecular formula is C14H17IO3. The molecule has 1 aromatic carbocycles. The van der Waals surface area contributed by atoms with Crippen molar-refractivity contribution in [2.45, 2.75) is 38.2 Å². The van der Waals surface area contributed by atoms with E-state index < -0.39 is 0 Å². The van der Waals surface area contributed by atoms with Gasteiger partial charge in [0, 0.05) is 0 Å². The molecule has 1 aliphatic rings. The quantitative estimate of drug-likeness (QED) is 0.608. The number of hydrogen-bond acceptors (Lipinski definition) is 3. The average molecular weight is 360 g/mol. The Morgan fingerprint density at radius 2 is 2.00 bits per heavy atom. The smallest absolute Gasteiger partial charge is 0.338 e. The van der Waals surface area contributed by atoms with Crippen LogP contribution in [-0.4, -0.2) is 19.2 Å². The van der Waals surface area contributed by atoms with E-state index in [2.05, 4.69) is 22.6 Å². The molecule has 1 aliphatic carbocycles. The Morgan fingerprint density at radius 1 is 1.28 bits per heavy atom. The largest absolute Gasteiger partial charge is 0.496 e. The van der Waals surface area contributed by atoms with E-state index in [9.17, 15) is 4.79 Å². The van der Waals surface area contributed by atoms with E-state index in [1.807, 2.05) is 6.07 Å². The molecule has 1 saturated carbocycles. The molecule has 0 bridgehead atoms. The summed E-state index contributed by atoms with van der Waals surface area (Å²) in [6.45, 7) is 0. The van der Waals surface area contributed by atoms with Crippen LogP contribution in [0.25, 0.3) is 0 Å². The second-order valence-electron chi connectivity index (χ2n) is 4.51. The van der Waals surface area contributed by atoms with Gasteiger partial charge in [0.25, 0.3) is 0 Å². The Bertz CT molecular complexity index is 425. The van der Waals surface area contributed by atoms with Gasteiger partial charge in [-0.15, -0.1) is 0 Å². The van der Waals surface area contributed by atoms with Gasteiger partial charge in [0.15, 0.2) is 0 Å². The summed E-state index contributed by atoms with van der Waals surface area (Å²) in [5.74, 6) is 0.562. The molecule has 0 amide bonds. The van der Waals surface area contributed by atoms with E-state index in [1.165, 1.54) is 6.42 Å². The number of carbonyl (C=O) groups excluding carboxylic acids is 1. The van der Waals surface area contributed by atoms with Crippen molar-refractivity contribution in [3.8, 4) is 5.75 Å². The van der Waals surface area contributed by atoms with Crippen LogP contribution in [0, 0.1) is 3.57 Å². The molecule has 2 rings (SSSR count). The molecule has 0 radical (unpaired) electrons. The van der Waals surface area contributed by atoms with Gasteiger partial charge in [0.1, 0.15) is 11.9 Å². The standard InChI is InChI=1S/C14H17IO3/c1-17-13-8-7-10(9-12(13)15)14(16)18-11-5-3-2-4-6-11/h7-9,11H,2-6H2,1H3. The van der Waals surface area contributed by atoms with Gasteiger partial charge in [-0.2, -0.15) is 0 Å². The van der Waals surface area contributed by atoms with Crippen molar-refractivity contribution >= 4 is 28.6 Å². The molecule has 3 nitrogen and oxygen atoms in total. The number of methoxy groups -OCH3 is 1. The maximum atomic E-state index is 12.0. The molecule has 98 valence electrons. The summed E-state index contributed by atoms with van der Waals surface area (Å²) < 4.78 is 11.6. The highest BCUT2D eigenvalue weighted by Gasteiger charge is 2.19. The predicted molar refractivity (Wildman–Crippen MR) is 78.0 cm³/mol. The monoisotopic (exact) mass is 360 g/mol. The highest BCUT2D eigenvalue weighted by molar-refractivity contribution is 14.1. The molecule has 0 atom stereocenters. The number of ether oxygens (including phenoxy) is 2. The van der Waals surface area contributed by atoms with Crippen molar-refractivity contribution in [2.75, 3.05) is 7.11 Å². The zero-order valence-corrected chi connectivity index (χ0v) is 12.6. The third-order valence-electron chi connectivity index (χ3n) is 3.21. The Balaban J connectivity index is 2.01. The van der Waals surface area contributed by atoms with Crippen LogP contribution >= 0.6 is 22.6 Å². The van der Waals surface area contributed by atoms with Gasteiger partial charge in [0.2, 0.25) is 0 Å². The van der Waals surface area contributed by atoms with Gasteiger partial charge in [-0.25, -0.2) is 4.79 Å². The Kier molecular flexibility index (Phi) is 4.86. The van der Waals surface area contributed by atoms with E-state index in [0.717, 1.165) is 35.0 Å². The lowest BCUT2D eigenvalue weighted by Crippen LogP contribution is -2.20. The maximum absolute atomic E-state index is 12.0. The summed E-state index contributed by atoms with van der Waals surface area (Å²) in [6.07, 6.45) is 5.69. The van der Waals surface area contributed by atoms with E-state index in [4.69, 9.17) is 9.47 Å². The number of benzene rings is 1. The van der Waals surface area contributed by atoms with E-state index in [0.29, 0.717) is 5.56 Å². The molecule has 4 heteroatoms. The Hall–Kier alpha value is -0.780. The fourth-order valence-corrected chi connectivity index (χ4v) is 2.93. The molecule has 0 aliphatic heterocycles. The molecule has 0 aromatic heterocycles. The van der Waals surface area contributed by atoms with Gasteiger partial charge in [0.05, 0.1) is 16.2 Å². The Morgan fingerprint density at radius 3 is 2.61 bits per heavy atom. The van der Waals surface area contributed by atoms with Crippen molar-refractivity contribution in [1.82, 2.24) is 0 Å². The van der Waals surface area contributed by atoms with Crippen LogP contribution < -0.4 is 4.74 Å². The van der Waals surface area contributed by atoms with E-state index >= 15 is 0 Å². The molecule has 0 saturated heterocycles. The third kappa shape index (κ3) is 3.37.